The molecular formula is C34H46N4O3Si. The highest BCUT2D eigenvalue weighted by Crippen LogP contribution is 2.41. The maximum absolute atomic E-state index is 13.2. The second-order valence-corrected chi connectivity index (χ2v) is 18.5. The zero-order valence-electron chi connectivity index (χ0n) is 27.0. The van der Waals surface area contributed by atoms with Crippen molar-refractivity contribution in [3.05, 3.63) is 54.5 Å². The van der Waals surface area contributed by atoms with Crippen LogP contribution in [0.25, 0.3) is 21.9 Å². The third-order valence-corrected chi connectivity index (χ3v) is 14.3. The number of nitrogens with zero attached hydrogens (tertiary/aromatic N) is 3. The SMILES string of the molecule is CC(C(=O)Nc1ccc(-c2cccc3ccncc23)c(C#C[Si](C(C)C)(C(C)C)C(C)C)n1)N(C)C(=O)OC(C)(C)C. The number of nitrogens with one attached hydrogen (secondary N) is 1. The average Bonchev–Trinajstić information content (AvgIpc) is 2.91. The minimum absolute atomic E-state index is 0.368. The Bertz CT molecular complexity index is 1470. The molecule has 0 fully saturated rings. The van der Waals surface area contributed by atoms with Crippen LogP contribution in [-0.2, 0) is 9.53 Å². The van der Waals surface area contributed by atoms with Crippen molar-refractivity contribution in [2.75, 3.05) is 12.4 Å². The molecule has 3 rings (SSSR count). The summed E-state index contributed by atoms with van der Waals surface area (Å²) < 4.78 is 5.43. The van der Waals surface area contributed by atoms with E-state index in [-0.39, 0.29) is 5.91 Å². The molecule has 0 spiro atoms. The Hall–Kier alpha value is -3.70. The van der Waals surface area contributed by atoms with Crippen LogP contribution in [0.2, 0.25) is 16.6 Å². The summed E-state index contributed by atoms with van der Waals surface area (Å²) in [5.74, 6) is 3.52. The van der Waals surface area contributed by atoms with E-state index in [2.05, 4.69) is 75.4 Å². The number of ether oxygens (including phenoxy) is 1. The van der Waals surface area contributed by atoms with Gasteiger partial charge in [-0.2, -0.15) is 0 Å². The normalized spacial score (nSPS) is 12.7. The van der Waals surface area contributed by atoms with Crippen LogP contribution in [0.3, 0.4) is 0 Å². The molecule has 1 unspecified atom stereocenters. The standard InChI is InChI=1S/C34H46N4O3Si/c1-22(2)42(23(3)4,24(5)6)20-18-30-28(27-14-12-13-26-17-19-35-21-29(26)27)15-16-31(36-30)37-32(39)25(7)38(11)33(40)41-34(8,9)10/h12-17,19,21-25H,1-11H3,(H,36,37,39). The highest BCUT2D eigenvalue weighted by molar-refractivity contribution is 6.90. The van der Waals surface area contributed by atoms with E-state index in [4.69, 9.17) is 9.72 Å². The van der Waals surface area contributed by atoms with Crippen molar-refractivity contribution in [3.63, 3.8) is 0 Å². The van der Waals surface area contributed by atoms with Crippen LogP contribution in [0.4, 0.5) is 10.6 Å². The van der Waals surface area contributed by atoms with Gasteiger partial charge in [0.2, 0.25) is 5.91 Å². The first-order valence-electron chi connectivity index (χ1n) is 14.7. The Morgan fingerprint density at radius 3 is 2.17 bits per heavy atom. The Kier molecular flexibility index (Phi) is 10.2. The van der Waals surface area contributed by atoms with E-state index < -0.39 is 25.8 Å². The van der Waals surface area contributed by atoms with Gasteiger partial charge in [0.25, 0.3) is 0 Å². The number of carbonyl (C=O) groups excluding carboxylic acids is 2. The molecule has 0 aliphatic carbocycles. The number of pyridine rings is 2. The maximum atomic E-state index is 13.2. The third kappa shape index (κ3) is 7.19. The van der Waals surface area contributed by atoms with Crippen LogP contribution in [0, 0.1) is 11.5 Å². The number of aromatic nitrogens is 2. The number of hydrogen-bond donors (Lipinski definition) is 1. The van der Waals surface area contributed by atoms with Crippen molar-refractivity contribution < 1.29 is 14.3 Å². The minimum atomic E-state index is -2.06. The van der Waals surface area contributed by atoms with Gasteiger partial charge in [0.05, 0.1) is 0 Å². The van der Waals surface area contributed by atoms with E-state index in [0.29, 0.717) is 28.1 Å². The van der Waals surface area contributed by atoms with E-state index in [9.17, 15) is 9.59 Å². The molecule has 2 amide bonds. The number of hydrogen-bond acceptors (Lipinski definition) is 5. The molecule has 0 radical (unpaired) electrons. The molecule has 0 aliphatic rings. The molecule has 0 bridgehead atoms. The first kappa shape index (κ1) is 32.8. The van der Waals surface area contributed by atoms with Gasteiger partial charge in [0.15, 0.2) is 0 Å². The number of anilines is 1. The molecule has 0 saturated carbocycles. The second kappa shape index (κ2) is 13.1. The molecule has 0 aliphatic heterocycles. The van der Waals surface area contributed by atoms with Gasteiger partial charge in [0, 0.05) is 30.4 Å². The summed E-state index contributed by atoms with van der Waals surface area (Å²) in [7, 11) is -0.512. The van der Waals surface area contributed by atoms with Crippen molar-refractivity contribution in [2.45, 2.75) is 97.5 Å². The lowest BCUT2D eigenvalue weighted by molar-refractivity contribution is -0.120. The first-order chi connectivity index (χ1) is 19.6. The lowest BCUT2D eigenvalue weighted by Gasteiger charge is -2.38. The van der Waals surface area contributed by atoms with Crippen LogP contribution < -0.4 is 5.32 Å². The molecule has 1 atom stereocenters. The predicted molar refractivity (Wildman–Crippen MR) is 175 cm³/mol. The number of likely N-dealkylation sites (N-methyl/N-ethyl adjacent to an activating group) is 1. The van der Waals surface area contributed by atoms with Crippen molar-refractivity contribution >= 4 is 36.7 Å². The Labute approximate surface area is 252 Å². The zero-order chi connectivity index (χ0) is 31.4. The second-order valence-electron chi connectivity index (χ2n) is 12.9. The van der Waals surface area contributed by atoms with Gasteiger partial charge >= 0.3 is 6.09 Å². The molecule has 2 aromatic heterocycles. The van der Waals surface area contributed by atoms with E-state index >= 15 is 0 Å². The number of benzene rings is 1. The quantitative estimate of drug-likeness (QED) is 0.224. The molecule has 1 aromatic carbocycles. The summed E-state index contributed by atoms with van der Waals surface area (Å²) in [6.45, 7) is 20.7. The van der Waals surface area contributed by atoms with Gasteiger partial charge in [-0.05, 0) is 73.5 Å². The zero-order valence-corrected chi connectivity index (χ0v) is 28.0. The van der Waals surface area contributed by atoms with Gasteiger partial charge in [-0.15, -0.1) is 5.54 Å². The summed E-state index contributed by atoms with van der Waals surface area (Å²) >= 11 is 0. The molecule has 42 heavy (non-hydrogen) atoms. The summed E-state index contributed by atoms with van der Waals surface area (Å²) in [4.78, 5) is 36.3. The molecule has 8 heteroatoms. The fourth-order valence-electron chi connectivity index (χ4n) is 5.69. The third-order valence-electron chi connectivity index (χ3n) is 8.03. The van der Waals surface area contributed by atoms with Gasteiger partial charge in [-0.25, -0.2) is 9.78 Å². The van der Waals surface area contributed by atoms with Crippen LogP contribution in [0.15, 0.2) is 48.8 Å². The highest BCUT2D eigenvalue weighted by Gasteiger charge is 2.41. The maximum Gasteiger partial charge on any atom is 0.410 e. The summed E-state index contributed by atoms with van der Waals surface area (Å²) in [5.41, 5.74) is 6.99. The number of amides is 2. The lowest BCUT2D eigenvalue weighted by Crippen LogP contribution is -2.45. The molecule has 1 N–H and O–H groups in total. The topological polar surface area (TPSA) is 84.4 Å². The Morgan fingerprint density at radius 1 is 0.929 bits per heavy atom. The molecule has 224 valence electrons. The summed E-state index contributed by atoms with van der Waals surface area (Å²) in [5, 5.41) is 4.98. The van der Waals surface area contributed by atoms with E-state index in [1.165, 1.54) is 4.90 Å². The number of fused-ring (bicyclic) bond motifs is 1. The van der Waals surface area contributed by atoms with Crippen molar-refractivity contribution in [1.82, 2.24) is 14.9 Å². The van der Waals surface area contributed by atoms with Crippen LogP contribution in [0.5, 0.6) is 0 Å². The summed E-state index contributed by atoms with van der Waals surface area (Å²) in [6.07, 6.45) is 3.08. The monoisotopic (exact) mass is 586 g/mol. The van der Waals surface area contributed by atoms with Gasteiger partial charge in [-0.3, -0.25) is 14.7 Å². The van der Waals surface area contributed by atoms with Crippen molar-refractivity contribution in [1.29, 1.82) is 0 Å². The van der Waals surface area contributed by atoms with E-state index in [1.54, 1.807) is 47.0 Å². The molecule has 3 aromatic rings. The van der Waals surface area contributed by atoms with Crippen LogP contribution >= 0.6 is 0 Å². The number of rotatable bonds is 7. The largest absolute Gasteiger partial charge is 0.444 e. The van der Waals surface area contributed by atoms with Gasteiger partial charge in [-0.1, -0.05) is 65.7 Å². The van der Waals surface area contributed by atoms with Crippen LogP contribution in [-0.4, -0.2) is 53.6 Å². The van der Waals surface area contributed by atoms with E-state index in [0.717, 1.165) is 21.9 Å². The van der Waals surface area contributed by atoms with Crippen molar-refractivity contribution in [3.8, 4) is 22.6 Å². The van der Waals surface area contributed by atoms with E-state index in [1.807, 2.05) is 24.4 Å². The Balaban J connectivity index is 2.10. The highest BCUT2D eigenvalue weighted by atomic mass is 28.3. The van der Waals surface area contributed by atoms with Crippen LogP contribution in [0.1, 0.15) is 74.9 Å². The smallest absolute Gasteiger partial charge is 0.410 e. The predicted octanol–water partition coefficient (Wildman–Crippen LogP) is 8.06. The minimum Gasteiger partial charge on any atom is -0.444 e. The van der Waals surface area contributed by atoms with Gasteiger partial charge < -0.3 is 10.1 Å². The number of carbonyl (C=O) groups is 2. The first-order valence-corrected chi connectivity index (χ1v) is 17.0. The average molecular weight is 587 g/mol. The molecule has 2 heterocycles. The lowest BCUT2D eigenvalue weighted by atomic mass is 9.98. The van der Waals surface area contributed by atoms with Gasteiger partial charge in [0.1, 0.15) is 31.2 Å². The Morgan fingerprint density at radius 2 is 1.57 bits per heavy atom. The fourth-order valence-corrected chi connectivity index (χ4v) is 10.9. The molecule has 7 nitrogen and oxygen atoms in total. The molecular weight excluding hydrogens is 540 g/mol. The molecule has 0 saturated heterocycles. The summed E-state index contributed by atoms with van der Waals surface area (Å²) in [6, 6.07) is 11.1. The van der Waals surface area contributed by atoms with Crippen molar-refractivity contribution in [2.24, 2.45) is 0 Å². The fraction of sp³-hybridized carbons (Fsp3) is 0.471.